The van der Waals surface area contributed by atoms with Gasteiger partial charge in [0.25, 0.3) is 5.91 Å². The molecule has 1 N–H and O–H groups in total. The maximum atomic E-state index is 12.4. The van der Waals surface area contributed by atoms with Crippen molar-refractivity contribution in [2.75, 3.05) is 5.32 Å². The molecule has 0 aliphatic carbocycles. The Morgan fingerprint density at radius 1 is 1.08 bits per heavy atom. The van der Waals surface area contributed by atoms with Crippen LogP contribution in [-0.4, -0.2) is 29.2 Å². The number of carbonyl (C=O) groups excluding carboxylic acids is 1. The molecule has 1 fully saturated rings. The third-order valence-electron chi connectivity index (χ3n) is 4.95. The minimum Gasteiger partial charge on any atom is -0.399 e. The lowest BCUT2D eigenvalue weighted by Gasteiger charge is -2.32. The fourth-order valence-corrected chi connectivity index (χ4v) is 3.28. The number of nitrogens with zero attached hydrogens (tertiary/aromatic N) is 1. The van der Waals surface area contributed by atoms with E-state index < -0.39 is 7.12 Å². The van der Waals surface area contributed by atoms with E-state index in [2.05, 4.69) is 10.3 Å². The molecule has 0 spiro atoms. The van der Waals surface area contributed by atoms with Crippen molar-refractivity contribution in [3.8, 4) is 0 Å². The zero-order valence-electron chi connectivity index (χ0n) is 15.5. The van der Waals surface area contributed by atoms with Gasteiger partial charge in [-0.25, -0.2) is 4.98 Å². The molecule has 3 rings (SSSR count). The second-order valence-electron chi connectivity index (χ2n) is 7.32. The van der Waals surface area contributed by atoms with Crippen molar-refractivity contribution in [3.05, 3.63) is 40.4 Å². The minimum absolute atomic E-state index is 0.172. The minimum atomic E-state index is -0.425. The molecule has 1 aromatic heterocycles. The van der Waals surface area contributed by atoms with Crippen molar-refractivity contribution < 1.29 is 14.1 Å². The van der Waals surface area contributed by atoms with Crippen LogP contribution in [0.1, 0.15) is 48.6 Å². The fourth-order valence-electron chi connectivity index (χ4n) is 2.47. The summed E-state index contributed by atoms with van der Waals surface area (Å²) < 4.78 is 12.1. The van der Waals surface area contributed by atoms with Gasteiger partial charge in [-0.2, -0.15) is 0 Å². The first kappa shape index (κ1) is 18.1. The number of hydrogen-bond acceptors (Lipinski definition) is 5. The molecule has 132 valence electrons. The second kappa shape index (κ2) is 6.23. The van der Waals surface area contributed by atoms with Crippen LogP contribution in [0.5, 0.6) is 0 Å². The number of aryl methyl sites for hydroxylation is 2. The van der Waals surface area contributed by atoms with E-state index in [0.717, 1.165) is 16.0 Å². The molecule has 1 aliphatic heterocycles. The summed E-state index contributed by atoms with van der Waals surface area (Å²) in [5, 5.41) is 3.46. The third-order valence-corrected chi connectivity index (χ3v) is 5.94. The number of benzene rings is 1. The first-order valence-corrected chi connectivity index (χ1v) is 9.12. The Morgan fingerprint density at radius 3 is 2.12 bits per heavy atom. The number of nitrogens with one attached hydrogen (secondary N) is 1. The van der Waals surface area contributed by atoms with Gasteiger partial charge in [-0.1, -0.05) is 12.1 Å². The van der Waals surface area contributed by atoms with E-state index in [1.54, 1.807) is 12.1 Å². The van der Waals surface area contributed by atoms with Crippen LogP contribution >= 0.6 is 11.3 Å². The van der Waals surface area contributed by atoms with Crippen LogP contribution in [0.3, 0.4) is 0 Å². The number of hydrogen-bond donors (Lipinski definition) is 1. The van der Waals surface area contributed by atoms with Crippen LogP contribution in [0.2, 0.25) is 0 Å². The molecule has 1 amide bonds. The molecule has 0 radical (unpaired) electrons. The van der Waals surface area contributed by atoms with E-state index in [9.17, 15) is 4.79 Å². The average Bonchev–Trinajstić information content (AvgIpc) is 2.94. The van der Waals surface area contributed by atoms with Crippen LogP contribution in [0.4, 0.5) is 5.13 Å². The zero-order chi connectivity index (χ0) is 18.4. The van der Waals surface area contributed by atoms with Crippen molar-refractivity contribution in [3.63, 3.8) is 0 Å². The molecule has 0 unspecified atom stereocenters. The predicted molar refractivity (Wildman–Crippen MR) is 102 cm³/mol. The number of thiazole rings is 1. The molecule has 7 heteroatoms. The van der Waals surface area contributed by atoms with Crippen LogP contribution < -0.4 is 10.8 Å². The first-order chi connectivity index (χ1) is 11.6. The molecular formula is C18H23BN2O3S. The second-order valence-corrected chi connectivity index (χ2v) is 8.53. The standard InChI is InChI=1S/C18H23BN2O3S/c1-11-12(2)25-16(20-11)21-15(22)13-7-9-14(10-8-13)19-23-17(3,4)18(5,6)24-19/h7-10H,1-6H3,(H,20,21,22). The predicted octanol–water partition coefficient (Wildman–Crippen LogP) is 3.31. The van der Waals surface area contributed by atoms with E-state index >= 15 is 0 Å². The van der Waals surface area contributed by atoms with Crippen LogP contribution in [0, 0.1) is 13.8 Å². The van der Waals surface area contributed by atoms with Gasteiger partial charge in [0.05, 0.1) is 16.9 Å². The maximum absolute atomic E-state index is 12.4. The molecule has 0 atom stereocenters. The summed E-state index contributed by atoms with van der Waals surface area (Å²) >= 11 is 1.48. The molecule has 5 nitrogen and oxygen atoms in total. The maximum Gasteiger partial charge on any atom is 0.494 e. The highest BCUT2D eigenvalue weighted by Crippen LogP contribution is 2.36. The molecule has 1 aliphatic rings. The van der Waals surface area contributed by atoms with Crippen molar-refractivity contribution in [1.82, 2.24) is 4.98 Å². The summed E-state index contributed by atoms with van der Waals surface area (Å²) in [7, 11) is -0.425. The summed E-state index contributed by atoms with van der Waals surface area (Å²) in [4.78, 5) is 17.8. The van der Waals surface area contributed by atoms with Crippen molar-refractivity contribution >= 4 is 35.0 Å². The summed E-state index contributed by atoms with van der Waals surface area (Å²) in [5.41, 5.74) is 1.65. The van der Waals surface area contributed by atoms with E-state index in [1.165, 1.54) is 11.3 Å². The molecule has 1 aromatic carbocycles. The summed E-state index contributed by atoms with van der Waals surface area (Å²) in [6.07, 6.45) is 0. The normalized spacial score (nSPS) is 18.4. The van der Waals surface area contributed by atoms with Gasteiger partial charge < -0.3 is 9.31 Å². The highest BCUT2D eigenvalue weighted by molar-refractivity contribution is 7.15. The van der Waals surface area contributed by atoms with E-state index in [0.29, 0.717) is 10.7 Å². The number of carbonyl (C=O) groups is 1. The Balaban J connectivity index is 1.71. The Kier molecular flexibility index (Phi) is 4.51. The van der Waals surface area contributed by atoms with E-state index in [4.69, 9.17) is 9.31 Å². The lowest BCUT2D eigenvalue weighted by atomic mass is 9.79. The molecule has 2 heterocycles. The van der Waals surface area contributed by atoms with E-state index in [1.807, 2.05) is 53.7 Å². The number of amides is 1. The highest BCUT2D eigenvalue weighted by Gasteiger charge is 2.51. The lowest BCUT2D eigenvalue weighted by molar-refractivity contribution is 0.00578. The van der Waals surface area contributed by atoms with Gasteiger partial charge in [0.1, 0.15) is 0 Å². The van der Waals surface area contributed by atoms with Crippen LogP contribution in [0.25, 0.3) is 0 Å². The number of rotatable bonds is 3. The SMILES string of the molecule is Cc1nc(NC(=O)c2ccc(B3OC(C)(C)C(C)(C)O3)cc2)sc1C. The van der Waals surface area contributed by atoms with Gasteiger partial charge >= 0.3 is 7.12 Å². The topological polar surface area (TPSA) is 60.5 Å². The Labute approximate surface area is 152 Å². The van der Waals surface area contributed by atoms with Gasteiger partial charge in [-0.3, -0.25) is 10.1 Å². The summed E-state index contributed by atoms with van der Waals surface area (Å²) in [5.74, 6) is -0.172. The quantitative estimate of drug-likeness (QED) is 0.856. The molecule has 0 saturated carbocycles. The average molecular weight is 358 g/mol. The number of anilines is 1. The summed E-state index contributed by atoms with van der Waals surface area (Å²) in [6.45, 7) is 12.0. The van der Waals surface area contributed by atoms with Crippen LogP contribution in [0.15, 0.2) is 24.3 Å². The highest BCUT2D eigenvalue weighted by atomic mass is 32.1. The lowest BCUT2D eigenvalue weighted by Crippen LogP contribution is -2.41. The van der Waals surface area contributed by atoms with Crippen molar-refractivity contribution in [1.29, 1.82) is 0 Å². The van der Waals surface area contributed by atoms with Crippen molar-refractivity contribution in [2.45, 2.75) is 52.7 Å². The van der Waals surface area contributed by atoms with Crippen molar-refractivity contribution in [2.24, 2.45) is 0 Å². The number of aromatic nitrogens is 1. The Hall–Kier alpha value is -1.70. The van der Waals surface area contributed by atoms with Gasteiger partial charge in [-0.05, 0) is 59.1 Å². The fraction of sp³-hybridized carbons (Fsp3) is 0.444. The molecular weight excluding hydrogens is 335 g/mol. The van der Waals surface area contributed by atoms with Gasteiger partial charge in [0.15, 0.2) is 5.13 Å². The molecule has 25 heavy (non-hydrogen) atoms. The third kappa shape index (κ3) is 3.49. The smallest absolute Gasteiger partial charge is 0.399 e. The molecule has 0 bridgehead atoms. The molecule has 2 aromatic rings. The van der Waals surface area contributed by atoms with Gasteiger partial charge in [0, 0.05) is 10.4 Å². The summed E-state index contributed by atoms with van der Waals surface area (Å²) in [6, 6.07) is 7.30. The Bertz CT molecular complexity index is 764. The van der Waals surface area contributed by atoms with Crippen LogP contribution in [-0.2, 0) is 9.31 Å². The monoisotopic (exact) mass is 358 g/mol. The zero-order valence-corrected chi connectivity index (χ0v) is 16.3. The largest absolute Gasteiger partial charge is 0.494 e. The Morgan fingerprint density at radius 2 is 1.64 bits per heavy atom. The van der Waals surface area contributed by atoms with Gasteiger partial charge in [-0.15, -0.1) is 11.3 Å². The van der Waals surface area contributed by atoms with Gasteiger partial charge in [0.2, 0.25) is 0 Å². The first-order valence-electron chi connectivity index (χ1n) is 8.30. The molecule has 1 saturated heterocycles. The van der Waals surface area contributed by atoms with E-state index in [-0.39, 0.29) is 17.1 Å².